The third-order valence-corrected chi connectivity index (χ3v) is 4.53. The molecule has 4 N–H and O–H groups in total. The maximum Gasteiger partial charge on any atom is 0.244 e. The van der Waals surface area contributed by atoms with Gasteiger partial charge in [0.2, 0.25) is 10.0 Å². The summed E-state index contributed by atoms with van der Waals surface area (Å²) in [5.41, 5.74) is 5.94. The molecular formula is C13H22N2O5S. The summed E-state index contributed by atoms with van der Waals surface area (Å²) in [4.78, 5) is -0.0608. The molecule has 0 amide bonds. The van der Waals surface area contributed by atoms with Gasteiger partial charge in [0.1, 0.15) is 16.4 Å². The van der Waals surface area contributed by atoms with E-state index in [9.17, 15) is 13.5 Å². The van der Waals surface area contributed by atoms with Crippen molar-refractivity contribution in [3.05, 3.63) is 12.1 Å². The first kappa shape index (κ1) is 17.5. The highest BCUT2D eigenvalue weighted by Gasteiger charge is 2.21. The number of ether oxygens (including phenoxy) is 2. The number of hydrogen-bond acceptors (Lipinski definition) is 6. The van der Waals surface area contributed by atoms with E-state index in [2.05, 4.69) is 4.72 Å². The highest BCUT2D eigenvalue weighted by atomic mass is 32.2. The minimum atomic E-state index is -3.78. The highest BCUT2D eigenvalue weighted by Crippen LogP contribution is 2.33. The average Bonchev–Trinajstić information content (AvgIpc) is 2.46. The Bertz CT molecular complexity index is 574. The molecule has 8 heteroatoms. The standard InChI is InChI=1S/C13H22N2O5S/c1-4-9(16)5-6-15-21(17,18)13-7-10(14)11(19-2)8-12(13)20-3/h7-9,15-16H,4-6,14H2,1-3H3. The van der Waals surface area contributed by atoms with Crippen molar-refractivity contribution in [3.63, 3.8) is 0 Å². The molecule has 1 aromatic carbocycles. The first-order chi connectivity index (χ1) is 9.85. The first-order valence-corrected chi connectivity index (χ1v) is 8.03. The van der Waals surface area contributed by atoms with Crippen molar-refractivity contribution < 1.29 is 23.0 Å². The summed E-state index contributed by atoms with van der Waals surface area (Å²) < 4.78 is 37.0. The summed E-state index contributed by atoms with van der Waals surface area (Å²) in [6.45, 7) is 1.96. The number of benzene rings is 1. The largest absolute Gasteiger partial charge is 0.495 e. The molecule has 0 aromatic heterocycles. The molecule has 1 unspecified atom stereocenters. The van der Waals surface area contributed by atoms with E-state index in [4.69, 9.17) is 15.2 Å². The Kier molecular flexibility index (Phi) is 6.25. The number of rotatable bonds is 8. The first-order valence-electron chi connectivity index (χ1n) is 6.55. The lowest BCUT2D eigenvalue weighted by Gasteiger charge is -2.14. The van der Waals surface area contributed by atoms with Crippen molar-refractivity contribution in [1.82, 2.24) is 4.72 Å². The van der Waals surface area contributed by atoms with Gasteiger partial charge in [-0.2, -0.15) is 0 Å². The predicted molar refractivity (Wildman–Crippen MR) is 80.1 cm³/mol. The number of anilines is 1. The van der Waals surface area contributed by atoms with Gasteiger partial charge in [0.15, 0.2) is 0 Å². The number of sulfonamides is 1. The van der Waals surface area contributed by atoms with Crippen LogP contribution in [0.2, 0.25) is 0 Å². The molecule has 0 bridgehead atoms. The second-order valence-electron chi connectivity index (χ2n) is 4.49. The molecule has 21 heavy (non-hydrogen) atoms. The maximum absolute atomic E-state index is 12.3. The summed E-state index contributed by atoms with van der Waals surface area (Å²) >= 11 is 0. The monoisotopic (exact) mass is 318 g/mol. The Hall–Kier alpha value is -1.51. The highest BCUT2D eigenvalue weighted by molar-refractivity contribution is 7.89. The van der Waals surface area contributed by atoms with Gasteiger partial charge in [0, 0.05) is 12.6 Å². The molecule has 0 saturated carbocycles. The van der Waals surface area contributed by atoms with E-state index in [1.165, 1.54) is 26.4 Å². The van der Waals surface area contributed by atoms with Crippen molar-refractivity contribution in [2.24, 2.45) is 0 Å². The molecule has 120 valence electrons. The van der Waals surface area contributed by atoms with Gasteiger partial charge in [-0.3, -0.25) is 0 Å². The molecule has 0 heterocycles. The summed E-state index contributed by atoms with van der Waals surface area (Å²) in [6, 6.07) is 2.71. The van der Waals surface area contributed by atoms with Crippen LogP contribution in [-0.4, -0.2) is 40.4 Å². The molecule has 0 spiro atoms. The fourth-order valence-corrected chi connectivity index (χ4v) is 2.98. The lowest BCUT2D eigenvalue weighted by Crippen LogP contribution is -2.27. The third kappa shape index (κ3) is 4.48. The van der Waals surface area contributed by atoms with Crippen LogP contribution in [0, 0.1) is 0 Å². The van der Waals surface area contributed by atoms with Crippen molar-refractivity contribution in [2.75, 3.05) is 26.5 Å². The summed E-state index contributed by atoms with van der Waals surface area (Å²) in [5, 5.41) is 9.44. The van der Waals surface area contributed by atoms with Crippen LogP contribution in [0.1, 0.15) is 19.8 Å². The van der Waals surface area contributed by atoms with E-state index in [0.717, 1.165) is 0 Å². The zero-order valence-electron chi connectivity index (χ0n) is 12.4. The molecule has 1 aromatic rings. The molecule has 1 rings (SSSR count). The second kappa shape index (κ2) is 7.48. The Morgan fingerprint density at radius 3 is 2.43 bits per heavy atom. The van der Waals surface area contributed by atoms with Gasteiger partial charge in [0.05, 0.1) is 26.0 Å². The molecule has 7 nitrogen and oxygen atoms in total. The third-order valence-electron chi connectivity index (χ3n) is 3.05. The minimum Gasteiger partial charge on any atom is -0.495 e. The molecule has 0 saturated heterocycles. The number of hydrogen-bond donors (Lipinski definition) is 3. The summed E-state index contributed by atoms with van der Waals surface area (Å²) in [7, 11) is -0.976. The predicted octanol–water partition coefficient (Wildman–Crippen LogP) is 0.725. The Balaban J connectivity index is 2.99. The zero-order valence-corrected chi connectivity index (χ0v) is 13.2. The molecule has 0 aliphatic rings. The number of nitrogen functional groups attached to an aromatic ring is 1. The quantitative estimate of drug-likeness (QED) is 0.609. The Labute approximate surface area is 125 Å². The number of methoxy groups -OCH3 is 2. The van der Waals surface area contributed by atoms with Gasteiger partial charge >= 0.3 is 0 Å². The number of aliphatic hydroxyl groups is 1. The van der Waals surface area contributed by atoms with Crippen LogP contribution in [0.5, 0.6) is 11.5 Å². The number of nitrogens with one attached hydrogen (secondary N) is 1. The van der Waals surface area contributed by atoms with Gasteiger partial charge < -0.3 is 20.3 Å². The fraction of sp³-hybridized carbons (Fsp3) is 0.538. The molecule has 0 aliphatic heterocycles. The lowest BCUT2D eigenvalue weighted by molar-refractivity contribution is 0.162. The van der Waals surface area contributed by atoms with Crippen LogP contribution in [0.15, 0.2) is 17.0 Å². The van der Waals surface area contributed by atoms with Crippen LogP contribution < -0.4 is 19.9 Å². The van der Waals surface area contributed by atoms with Crippen LogP contribution in [0.3, 0.4) is 0 Å². The van der Waals surface area contributed by atoms with E-state index in [0.29, 0.717) is 18.6 Å². The van der Waals surface area contributed by atoms with E-state index in [1.807, 2.05) is 6.92 Å². The van der Waals surface area contributed by atoms with Crippen molar-refractivity contribution >= 4 is 15.7 Å². The Morgan fingerprint density at radius 1 is 1.29 bits per heavy atom. The van der Waals surface area contributed by atoms with Gasteiger partial charge in [-0.1, -0.05) is 6.92 Å². The molecule has 0 radical (unpaired) electrons. The van der Waals surface area contributed by atoms with Crippen molar-refractivity contribution in [3.8, 4) is 11.5 Å². The zero-order chi connectivity index (χ0) is 16.0. The molecule has 0 aliphatic carbocycles. The van der Waals surface area contributed by atoms with Crippen LogP contribution in [-0.2, 0) is 10.0 Å². The summed E-state index contributed by atoms with van der Waals surface area (Å²) in [5.74, 6) is 0.483. The molecule has 1 atom stereocenters. The number of aliphatic hydroxyl groups excluding tert-OH is 1. The van der Waals surface area contributed by atoms with Crippen LogP contribution in [0.4, 0.5) is 5.69 Å². The van der Waals surface area contributed by atoms with Gasteiger partial charge in [-0.05, 0) is 18.9 Å². The van der Waals surface area contributed by atoms with E-state index >= 15 is 0 Å². The van der Waals surface area contributed by atoms with E-state index < -0.39 is 16.1 Å². The fourth-order valence-electron chi connectivity index (χ4n) is 1.75. The van der Waals surface area contributed by atoms with Crippen LogP contribution in [0.25, 0.3) is 0 Å². The molecular weight excluding hydrogens is 296 g/mol. The normalized spacial score (nSPS) is 13.0. The minimum absolute atomic E-state index is 0.0608. The topological polar surface area (TPSA) is 111 Å². The van der Waals surface area contributed by atoms with Crippen molar-refractivity contribution in [1.29, 1.82) is 0 Å². The van der Waals surface area contributed by atoms with Crippen molar-refractivity contribution in [2.45, 2.75) is 30.8 Å². The van der Waals surface area contributed by atoms with Crippen LogP contribution >= 0.6 is 0 Å². The number of nitrogens with two attached hydrogens (primary N) is 1. The van der Waals surface area contributed by atoms with Gasteiger partial charge in [0.25, 0.3) is 0 Å². The van der Waals surface area contributed by atoms with Gasteiger partial charge in [-0.25, -0.2) is 13.1 Å². The van der Waals surface area contributed by atoms with Gasteiger partial charge in [-0.15, -0.1) is 0 Å². The maximum atomic E-state index is 12.3. The van der Waals surface area contributed by atoms with E-state index in [-0.39, 0.29) is 22.9 Å². The second-order valence-corrected chi connectivity index (χ2v) is 6.23. The van der Waals surface area contributed by atoms with E-state index in [1.54, 1.807) is 0 Å². The molecule has 0 fully saturated rings. The summed E-state index contributed by atoms with van der Waals surface area (Å²) in [6.07, 6.45) is 0.375. The smallest absolute Gasteiger partial charge is 0.244 e. The Morgan fingerprint density at radius 2 is 1.90 bits per heavy atom. The SMILES string of the molecule is CCC(O)CCNS(=O)(=O)c1cc(N)c(OC)cc1OC. The lowest BCUT2D eigenvalue weighted by atomic mass is 10.2. The average molecular weight is 318 g/mol.